The normalized spacial score (nSPS) is 27.0. The van der Waals surface area contributed by atoms with Gasteiger partial charge >= 0.3 is 17.9 Å². The molecule has 0 radical (unpaired) electrons. The average molecular weight is 453 g/mol. The van der Waals surface area contributed by atoms with Crippen LogP contribution in [0.2, 0.25) is 0 Å². The molecule has 0 saturated carbocycles. The van der Waals surface area contributed by atoms with Gasteiger partial charge in [0.15, 0.2) is 18.4 Å². The zero-order valence-corrected chi connectivity index (χ0v) is 17.3. The van der Waals surface area contributed by atoms with Crippen LogP contribution >= 0.6 is 0 Å². The summed E-state index contributed by atoms with van der Waals surface area (Å²) < 4.78 is 35.1. The Kier molecular flexibility index (Phi) is 6.84. The van der Waals surface area contributed by atoms with Gasteiger partial charge in [-0.1, -0.05) is 12.1 Å². The molecule has 2 amide bonds. The van der Waals surface area contributed by atoms with Gasteiger partial charge in [-0.3, -0.25) is 24.0 Å². The number of esters is 3. The van der Waals surface area contributed by atoms with Crippen molar-refractivity contribution in [2.24, 2.45) is 0 Å². The summed E-state index contributed by atoms with van der Waals surface area (Å²) in [5, 5.41) is 0.379. The molecular weight excluding hydrogens is 433 g/mol. The van der Waals surface area contributed by atoms with Crippen molar-refractivity contribution in [3.05, 3.63) is 35.4 Å². The van der Waals surface area contributed by atoms with E-state index in [2.05, 4.69) is 4.74 Å². The lowest BCUT2D eigenvalue weighted by Crippen LogP contribution is -2.61. The second-order valence-corrected chi connectivity index (χ2v) is 6.97. The van der Waals surface area contributed by atoms with E-state index in [0.29, 0.717) is 5.06 Å². The van der Waals surface area contributed by atoms with Crippen LogP contribution in [0.4, 0.5) is 4.39 Å². The molecular formula is C20H20FNO10. The summed E-state index contributed by atoms with van der Waals surface area (Å²) in [6.45, 7) is 2.01. The molecule has 0 spiro atoms. The van der Waals surface area contributed by atoms with E-state index in [4.69, 9.17) is 19.0 Å². The zero-order valence-electron chi connectivity index (χ0n) is 17.3. The van der Waals surface area contributed by atoms with Gasteiger partial charge in [0.1, 0.15) is 6.10 Å². The molecule has 1 saturated heterocycles. The van der Waals surface area contributed by atoms with Crippen molar-refractivity contribution in [2.75, 3.05) is 7.11 Å². The van der Waals surface area contributed by atoms with Crippen LogP contribution in [0.25, 0.3) is 0 Å². The Morgan fingerprint density at radius 3 is 2.03 bits per heavy atom. The third-order valence-electron chi connectivity index (χ3n) is 4.74. The monoisotopic (exact) mass is 453 g/mol. The van der Waals surface area contributed by atoms with Crippen molar-refractivity contribution in [1.82, 2.24) is 5.06 Å². The number of hydrogen-bond donors (Lipinski definition) is 0. The van der Waals surface area contributed by atoms with E-state index in [1.54, 1.807) is 12.1 Å². The highest BCUT2D eigenvalue weighted by atomic mass is 19.1. The Hall–Kier alpha value is -3.38. The maximum Gasteiger partial charge on any atom is 0.308 e. The maximum absolute atomic E-state index is 15.1. The van der Waals surface area contributed by atoms with Crippen LogP contribution in [0.5, 0.6) is 0 Å². The van der Waals surface area contributed by atoms with Gasteiger partial charge in [0.05, 0.1) is 24.7 Å². The molecule has 0 unspecified atom stereocenters. The molecule has 2 heterocycles. The molecule has 5 atom stereocenters. The van der Waals surface area contributed by atoms with Crippen LogP contribution in [-0.2, 0) is 38.2 Å². The zero-order chi connectivity index (χ0) is 23.6. The Balaban J connectivity index is 1.93. The average Bonchev–Trinajstić information content (AvgIpc) is 2.98. The summed E-state index contributed by atoms with van der Waals surface area (Å²) in [7, 11) is 1.08. The largest absolute Gasteiger partial charge is 0.469 e. The lowest BCUT2D eigenvalue weighted by molar-refractivity contribution is -0.330. The summed E-state index contributed by atoms with van der Waals surface area (Å²) in [5.41, 5.74) is 0.117. The number of carbonyl (C=O) groups is 5. The Morgan fingerprint density at radius 1 is 1.00 bits per heavy atom. The number of methoxy groups -OCH3 is 1. The minimum absolute atomic E-state index is 0.0587. The van der Waals surface area contributed by atoms with Crippen LogP contribution in [0.1, 0.15) is 41.0 Å². The quantitative estimate of drug-likeness (QED) is 0.344. The fraction of sp³-hybridized carbons (Fsp3) is 0.450. The number of carbonyl (C=O) groups excluding carboxylic acids is 5. The van der Waals surface area contributed by atoms with E-state index in [1.807, 2.05) is 0 Å². The second kappa shape index (κ2) is 9.40. The molecule has 11 nitrogen and oxygen atoms in total. The number of nitrogens with zero attached hydrogens (tertiary/aromatic N) is 1. The van der Waals surface area contributed by atoms with Crippen LogP contribution in [-0.4, -0.2) is 72.7 Å². The van der Waals surface area contributed by atoms with Gasteiger partial charge in [0.2, 0.25) is 6.29 Å². The van der Waals surface area contributed by atoms with Crippen LogP contribution < -0.4 is 0 Å². The number of hydroxylamine groups is 2. The highest BCUT2D eigenvalue weighted by Gasteiger charge is 2.53. The minimum atomic E-state index is -2.12. The molecule has 0 aromatic heterocycles. The number of amides is 2. The number of fused-ring (bicyclic) bond motifs is 1. The van der Waals surface area contributed by atoms with Gasteiger partial charge in [0, 0.05) is 13.8 Å². The molecule has 12 heteroatoms. The van der Waals surface area contributed by atoms with Gasteiger partial charge < -0.3 is 18.9 Å². The van der Waals surface area contributed by atoms with Crippen molar-refractivity contribution in [3.63, 3.8) is 0 Å². The fourth-order valence-electron chi connectivity index (χ4n) is 3.37. The summed E-state index contributed by atoms with van der Waals surface area (Å²) in [4.78, 5) is 65.5. The van der Waals surface area contributed by atoms with Crippen LogP contribution in [0.3, 0.4) is 0 Å². The number of ether oxygens (including phenoxy) is 4. The topological polar surface area (TPSA) is 135 Å². The van der Waals surface area contributed by atoms with E-state index in [-0.39, 0.29) is 11.1 Å². The van der Waals surface area contributed by atoms with Gasteiger partial charge in [-0.05, 0) is 12.1 Å². The van der Waals surface area contributed by atoms with Crippen molar-refractivity contribution in [1.29, 1.82) is 0 Å². The van der Waals surface area contributed by atoms with Crippen molar-refractivity contribution < 1.29 is 52.1 Å². The van der Waals surface area contributed by atoms with E-state index in [9.17, 15) is 24.0 Å². The van der Waals surface area contributed by atoms with E-state index in [1.165, 1.54) is 12.1 Å². The first-order valence-electron chi connectivity index (χ1n) is 9.49. The summed E-state index contributed by atoms with van der Waals surface area (Å²) in [6, 6.07) is 5.90. The number of halogens is 1. The predicted molar refractivity (Wildman–Crippen MR) is 99.3 cm³/mol. The maximum atomic E-state index is 15.1. The SMILES string of the molecule is COC(=O)C[C@H]1O[C@@H](ON2C(=O)c3ccccc3C2=O)[C@H](OC(C)=O)[C@@H](OC(C)=O)[C@H]1F. The molecule has 1 aromatic rings. The number of alkyl halides is 1. The molecule has 0 N–H and O–H groups in total. The fourth-order valence-corrected chi connectivity index (χ4v) is 3.37. The lowest BCUT2D eigenvalue weighted by Gasteiger charge is -2.42. The summed E-state index contributed by atoms with van der Waals surface area (Å²) >= 11 is 0. The highest BCUT2D eigenvalue weighted by molar-refractivity contribution is 6.20. The minimum Gasteiger partial charge on any atom is -0.469 e. The first-order chi connectivity index (χ1) is 15.1. The Labute approximate surface area is 181 Å². The molecule has 2 aliphatic heterocycles. The van der Waals surface area contributed by atoms with Gasteiger partial charge in [-0.25, -0.2) is 9.23 Å². The van der Waals surface area contributed by atoms with Gasteiger partial charge in [-0.2, -0.15) is 0 Å². The predicted octanol–water partition coefficient (Wildman–Crippen LogP) is 0.704. The molecule has 2 aliphatic rings. The molecule has 3 rings (SSSR count). The first-order valence-corrected chi connectivity index (χ1v) is 9.49. The lowest BCUT2D eigenvalue weighted by atomic mass is 9.97. The summed E-state index contributed by atoms with van der Waals surface area (Å²) in [5.74, 6) is -4.30. The molecule has 32 heavy (non-hydrogen) atoms. The van der Waals surface area contributed by atoms with Crippen LogP contribution in [0.15, 0.2) is 24.3 Å². The smallest absolute Gasteiger partial charge is 0.308 e. The van der Waals surface area contributed by atoms with E-state index in [0.717, 1.165) is 21.0 Å². The van der Waals surface area contributed by atoms with Crippen LogP contribution in [0, 0.1) is 0 Å². The van der Waals surface area contributed by atoms with Crippen molar-refractivity contribution >= 4 is 29.7 Å². The number of imide groups is 1. The number of benzene rings is 1. The van der Waals surface area contributed by atoms with Crippen molar-refractivity contribution in [2.45, 2.75) is 51.0 Å². The standard InChI is InChI=1S/C20H20FNO10/c1-9(23)29-16-15(21)13(8-14(25)28-3)31-20(17(16)30-10(2)24)32-22-18(26)11-6-4-5-7-12(11)19(22)27/h4-7,13,15-17,20H,8H2,1-3H3/t13-,15+,16+,17-,20+/m1/s1. The Bertz CT molecular complexity index is 915. The van der Waals surface area contributed by atoms with E-state index >= 15 is 4.39 Å². The number of hydrogen-bond acceptors (Lipinski definition) is 10. The number of rotatable bonds is 6. The molecule has 0 aliphatic carbocycles. The molecule has 1 fully saturated rings. The second-order valence-electron chi connectivity index (χ2n) is 6.97. The third kappa shape index (κ3) is 4.60. The highest BCUT2D eigenvalue weighted by Crippen LogP contribution is 2.33. The Morgan fingerprint density at radius 2 is 1.53 bits per heavy atom. The first kappa shape index (κ1) is 23.3. The van der Waals surface area contributed by atoms with E-state index < -0.39 is 66.9 Å². The third-order valence-corrected chi connectivity index (χ3v) is 4.74. The molecule has 172 valence electrons. The molecule has 0 bridgehead atoms. The van der Waals surface area contributed by atoms with Gasteiger partial charge in [-0.15, -0.1) is 5.06 Å². The van der Waals surface area contributed by atoms with Gasteiger partial charge in [0.25, 0.3) is 11.8 Å². The molecule has 1 aromatic carbocycles. The summed E-state index contributed by atoms with van der Waals surface area (Å²) in [6.07, 6.45) is -9.50. The van der Waals surface area contributed by atoms with Crippen molar-refractivity contribution in [3.8, 4) is 0 Å².